The number of pyridine rings is 1. The van der Waals surface area contributed by atoms with Gasteiger partial charge >= 0.3 is 5.97 Å². The Kier molecular flexibility index (Phi) is 5.30. The van der Waals surface area contributed by atoms with Crippen molar-refractivity contribution in [3.63, 3.8) is 0 Å². The highest BCUT2D eigenvalue weighted by Crippen LogP contribution is 2.17. The van der Waals surface area contributed by atoms with Crippen LogP contribution in [0, 0.1) is 0 Å². The number of nitrogens with zero attached hydrogens (tertiary/aromatic N) is 1. The van der Waals surface area contributed by atoms with Crippen LogP contribution in [0.5, 0.6) is 0 Å². The summed E-state index contributed by atoms with van der Waals surface area (Å²) in [4.78, 5) is 27.8. The van der Waals surface area contributed by atoms with E-state index >= 15 is 0 Å². The predicted octanol–water partition coefficient (Wildman–Crippen LogP) is 2.20. The van der Waals surface area contributed by atoms with Crippen LogP contribution in [0.1, 0.15) is 37.0 Å². The van der Waals surface area contributed by atoms with Crippen molar-refractivity contribution < 1.29 is 14.3 Å². The SMILES string of the molecule is CCCC(C)(NC(=O)c1cccnc1Cl)C(=O)OC. The Morgan fingerprint density at radius 1 is 1.53 bits per heavy atom. The van der Waals surface area contributed by atoms with Crippen LogP contribution < -0.4 is 5.32 Å². The molecule has 1 amide bonds. The van der Waals surface area contributed by atoms with Gasteiger partial charge in [0, 0.05) is 6.20 Å². The maximum atomic E-state index is 12.1. The molecule has 0 spiro atoms. The molecule has 0 bridgehead atoms. The van der Waals surface area contributed by atoms with Crippen LogP contribution in [0.25, 0.3) is 0 Å². The number of rotatable bonds is 5. The van der Waals surface area contributed by atoms with Gasteiger partial charge in [0.05, 0.1) is 12.7 Å². The fourth-order valence-corrected chi connectivity index (χ4v) is 2.02. The van der Waals surface area contributed by atoms with E-state index in [0.717, 1.165) is 6.42 Å². The Bertz CT molecular complexity index is 479. The summed E-state index contributed by atoms with van der Waals surface area (Å²) in [5.74, 6) is -0.929. The van der Waals surface area contributed by atoms with Crippen molar-refractivity contribution in [2.45, 2.75) is 32.2 Å². The van der Waals surface area contributed by atoms with Gasteiger partial charge in [-0.3, -0.25) is 4.79 Å². The van der Waals surface area contributed by atoms with Gasteiger partial charge in [-0.25, -0.2) is 9.78 Å². The Morgan fingerprint density at radius 3 is 2.74 bits per heavy atom. The zero-order valence-electron chi connectivity index (χ0n) is 11.2. The van der Waals surface area contributed by atoms with Gasteiger partial charge in [0.25, 0.3) is 5.91 Å². The number of hydrogen-bond donors (Lipinski definition) is 1. The molecule has 1 unspecified atom stereocenters. The molecule has 1 atom stereocenters. The van der Waals surface area contributed by atoms with E-state index in [4.69, 9.17) is 16.3 Å². The van der Waals surface area contributed by atoms with Crippen molar-refractivity contribution >= 4 is 23.5 Å². The van der Waals surface area contributed by atoms with Crippen LogP contribution in [-0.2, 0) is 9.53 Å². The van der Waals surface area contributed by atoms with Gasteiger partial charge < -0.3 is 10.1 Å². The molecule has 0 saturated carbocycles. The van der Waals surface area contributed by atoms with Gasteiger partial charge in [0.15, 0.2) is 0 Å². The van der Waals surface area contributed by atoms with Crippen molar-refractivity contribution in [2.75, 3.05) is 7.11 Å². The molecule has 0 saturated heterocycles. The number of ether oxygens (including phenoxy) is 1. The molecule has 0 aliphatic heterocycles. The zero-order valence-corrected chi connectivity index (χ0v) is 12.0. The molecule has 1 aromatic rings. The van der Waals surface area contributed by atoms with Crippen LogP contribution in [-0.4, -0.2) is 29.5 Å². The van der Waals surface area contributed by atoms with Crippen LogP contribution >= 0.6 is 11.6 Å². The zero-order chi connectivity index (χ0) is 14.5. The first kappa shape index (κ1) is 15.4. The van der Waals surface area contributed by atoms with E-state index in [1.54, 1.807) is 19.1 Å². The molecule has 0 aliphatic rings. The summed E-state index contributed by atoms with van der Waals surface area (Å²) in [6.45, 7) is 3.55. The van der Waals surface area contributed by atoms with Crippen molar-refractivity contribution in [3.8, 4) is 0 Å². The summed E-state index contributed by atoms with van der Waals surface area (Å²) in [5, 5.41) is 2.76. The number of amides is 1. The van der Waals surface area contributed by atoms with Crippen LogP contribution in [0.4, 0.5) is 0 Å². The molecule has 104 valence electrons. The second-order valence-electron chi connectivity index (χ2n) is 4.37. The topological polar surface area (TPSA) is 68.3 Å². The second kappa shape index (κ2) is 6.52. The lowest BCUT2D eigenvalue weighted by atomic mass is 9.95. The molecule has 6 heteroatoms. The van der Waals surface area contributed by atoms with Crippen LogP contribution in [0.2, 0.25) is 5.15 Å². The molecule has 5 nitrogen and oxygen atoms in total. The number of carbonyl (C=O) groups excluding carboxylic acids is 2. The molecule has 1 N–H and O–H groups in total. The van der Waals surface area contributed by atoms with Crippen LogP contribution in [0.3, 0.4) is 0 Å². The number of nitrogens with one attached hydrogen (secondary N) is 1. The quantitative estimate of drug-likeness (QED) is 0.665. The number of hydrogen-bond acceptors (Lipinski definition) is 4. The second-order valence-corrected chi connectivity index (χ2v) is 4.73. The first-order chi connectivity index (χ1) is 8.94. The molecule has 0 aliphatic carbocycles. The van der Waals surface area contributed by atoms with E-state index in [9.17, 15) is 9.59 Å². The Morgan fingerprint density at radius 2 is 2.21 bits per heavy atom. The molecule has 1 aromatic heterocycles. The molecule has 0 aromatic carbocycles. The average molecular weight is 285 g/mol. The van der Waals surface area contributed by atoms with Gasteiger partial charge in [-0.1, -0.05) is 24.9 Å². The fourth-order valence-electron chi connectivity index (χ4n) is 1.81. The largest absolute Gasteiger partial charge is 0.467 e. The molecular formula is C13H17ClN2O3. The molecule has 0 radical (unpaired) electrons. The van der Waals surface area contributed by atoms with E-state index in [1.165, 1.54) is 13.3 Å². The summed E-state index contributed by atoms with van der Waals surface area (Å²) in [6.07, 6.45) is 2.70. The highest BCUT2D eigenvalue weighted by atomic mass is 35.5. The smallest absolute Gasteiger partial charge is 0.331 e. The Labute approximate surface area is 117 Å². The van der Waals surface area contributed by atoms with Gasteiger partial charge in [0.1, 0.15) is 10.7 Å². The minimum Gasteiger partial charge on any atom is -0.467 e. The molecule has 1 heterocycles. The fraction of sp³-hybridized carbons (Fsp3) is 0.462. The predicted molar refractivity (Wildman–Crippen MR) is 72.0 cm³/mol. The van der Waals surface area contributed by atoms with Gasteiger partial charge in [-0.2, -0.15) is 0 Å². The van der Waals surface area contributed by atoms with Crippen molar-refractivity contribution in [3.05, 3.63) is 29.0 Å². The minimum atomic E-state index is -1.07. The third-order valence-electron chi connectivity index (χ3n) is 2.78. The number of halogens is 1. The van der Waals surface area contributed by atoms with Crippen molar-refractivity contribution in [2.24, 2.45) is 0 Å². The van der Waals surface area contributed by atoms with Gasteiger partial charge in [-0.15, -0.1) is 0 Å². The highest BCUT2D eigenvalue weighted by molar-refractivity contribution is 6.32. The highest BCUT2D eigenvalue weighted by Gasteiger charge is 2.35. The molecule has 19 heavy (non-hydrogen) atoms. The van der Waals surface area contributed by atoms with Crippen LogP contribution in [0.15, 0.2) is 18.3 Å². The third-order valence-corrected chi connectivity index (χ3v) is 3.08. The summed E-state index contributed by atoms with van der Waals surface area (Å²) in [5.41, 5.74) is -0.838. The minimum absolute atomic E-state index is 0.101. The van der Waals surface area contributed by atoms with E-state index in [-0.39, 0.29) is 10.7 Å². The Balaban J connectivity index is 2.95. The molecule has 0 fully saturated rings. The third kappa shape index (κ3) is 3.67. The number of aromatic nitrogens is 1. The molecule has 1 rings (SSSR count). The maximum Gasteiger partial charge on any atom is 0.331 e. The van der Waals surface area contributed by atoms with Gasteiger partial charge in [0.2, 0.25) is 0 Å². The lowest BCUT2D eigenvalue weighted by Gasteiger charge is -2.27. The lowest BCUT2D eigenvalue weighted by Crippen LogP contribution is -2.52. The summed E-state index contributed by atoms with van der Waals surface area (Å²) in [7, 11) is 1.29. The number of carbonyl (C=O) groups is 2. The standard InChI is InChI=1S/C13H17ClN2O3/c1-4-7-13(2,12(18)19-3)16-11(17)9-6-5-8-15-10(9)14/h5-6,8H,4,7H2,1-3H3,(H,16,17). The van der Waals surface area contributed by atoms with E-state index < -0.39 is 17.4 Å². The van der Waals surface area contributed by atoms with E-state index in [1.807, 2.05) is 6.92 Å². The summed E-state index contributed by atoms with van der Waals surface area (Å²) < 4.78 is 4.73. The van der Waals surface area contributed by atoms with E-state index in [0.29, 0.717) is 6.42 Å². The lowest BCUT2D eigenvalue weighted by molar-refractivity contribution is -0.147. The van der Waals surface area contributed by atoms with E-state index in [2.05, 4.69) is 10.3 Å². The molecular weight excluding hydrogens is 268 g/mol. The number of methoxy groups -OCH3 is 1. The Hall–Kier alpha value is -1.62. The van der Waals surface area contributed by atoms with Crippen molar-refractivity contribution in [1.82, 2.24) is 10.3 Å². The monoisotopic (exact) mass is 284 g/mol. The normalized spacial score (nSPS) is 13.5. The summed E-state index contributed by atoms with van der Waals surface area (Å²) >= 11 is 5.85. The summed E-state index contributed by atoms with van der Waals surface area (Å²) in [6, 6.07) is 3.16. The first-order valence-corrected chi connectivity index (χ1v) is 6.34. The first-order valence-electron chi connectivity index (χ1n) is 5.96. The van der Waals surface area contributed by atoms with Gasteiger partial charge in [-0.05, 0) is 25.5 Å². The van der Waals surface area contributed by atoms with Crippen molar-refractivity contribution in [1.29, 1.82) is 0 Å². The average Bonchev–Trinajstić information content (AvgIpc) is 2.38. The maximum absolute atomic E-state index is 12.1. The number of esters is 1.